The Kier molecular flexibility index (Phi) is 5.55. The SMILES string of the molecule is CC(C)(C)[S@+]([O-])N[C@@H](Cc1ccccc1CO)c1ccc2c3c(ccnc13)NC2=O. The Labute approximate surface area is 179 Å². The summed E-state index contributed by atoms with van der Waals surface area (Å²) in [6, 6.07) is 12.8. The number of amides is 1. The molecule has 2 heterocycles. The van der Waals surface area contributed by atoms with E-state index in [1.54, 1.807) is 18.3 Å². The van der Waals surface area contributed by atoms with Gasteiger partial charge in [-0.3, -0.25) is 9.78 Å². The zero-order valence-corrected chi connectivity index (χ0v) is 18.0. The normalized spacial score (nSPS) is 15.3. The van der Waals surface area contributed by atoms with E-state index in [0.29, 0.717) is 17.5 Å². The topological polar surface area (TPSA) is 97.3 Å². The molecule has 30 heavy (non-hydrogen) atoms. The number of hydrogen-bond acceptors (Lipinski definition) is 5. The number of anilines is 1. The Hall–Kier alpha value is -2.45. The first-order chi connectivity index (χ1) is 14.3. The molecule has 0 aliphatic carbocycles. The highest BCUT2D eigenvalue weighted by Gasteiger charge is 2.32. The number of aliphatic hydroxyl groups excluding tert-OH is 1. The van der Waals surface area contributed by atoms with E-state index in [4.69, 9.17) is 0 Å². The van der Waals surface area contributed by atoms with Crippen LogP contribution < -0.4 is 10.0 Å². The first-order valence-corrected chi connectivity index (χ1v) is 11.0. The number of hydrogen-bond donors (Lipinski definition) is 3. The molecule has 0 unspecified atom stereocenters. The molecule has 1 aliphatic heterocycles. The largest absolute Gasteiger partial charge is 0.598 e. The second kappa shape index (κ2) is 8.00. The summed E-state index contributed by atoms with van der Waals surface area (Å²) in [5.41, 5.74) is 4.74. The van der Waals surface area contributed by atoms with E-state index in [9.17, 15) is 14.5 Å². The second-order valence-corrected chi connectivity index (χ2v) is 10.4. The molecule has 1 aromatic heterocycles. The molecule has 2 aromatic carbocycles. The number of aliphatic hydroxyl groups is 1. The highest BCUT2D eigenvalue weighted by Crippen LogP contribution is 2.37. The number of carbonyl (C=O) groups excluding carboxylic acids is 1. The molecule has 7 heteroatoms. The van der Waals surface area contributed by atoms with Crippen molar-refractivity contribution in [3.63, 3.8) is 0 Å². The summed E-state index contributed by atoms with van der Waals surface area (Å²) in [5, 5.41) is 13.4. The van der Waals surface area contributed by atoms with Gasteiger partial charge in [0.25, 0.3) is 5.91 Å². The van der Waals surface area contributed by atoms with Crippen molar-refractivity contribution >= 4 is 33.9 Å². The lowest BCUT2D eigenvalue weighted by molar-refractivity contribution is 0.103. The van der Waals surface area contributed by atoms with Crippen LogP contribution in [0, 0.1) is 0 Å². The molecule has 156 valence electrons. The van der Waals surface area contributed by atoms with Crippen LogP contribution in [-0.4, -0.2) is 25.3 Å². The van der Waals surface area contributed by atoms with Crippen LogP contribution in [0.15, 0.2) is 48.7 Å². The van der Waals surface area contributed by atoms with Gasteiger partial charge >= 0.3 is 0 Å². The van der Waals surface area contributed by atoms with Crippen LogP contribution >= 0.6 is 0 Å². The van der Waals surface area contributed by atoms with Crippen molar-refractivity contribution in [1.29, 1.82) is 0 Å². The van der Waals surface area contributed by atoms with E-state index >= 15 is 0 Å². The van der Waals surface area contributed by atoms with Crippen LogP contribution in [0.1, 0.15) is 53.9 Å². The molecule has 4 rings (SSSR count). The summed E-state index contributed by atoms with van der Waals surface area (Å²) in [6.45, 7) is 5.70. The van der Waals surface area contributed by atoms with Crippen LogP contribution in [-0.2, 0) is 24.4 Å². The van der Waals surface area contributed by atoms with Crippen molar-refractivity contribution in [1.82, 2.24) is 9.71 Å². The summed E-state index contributed by atoms with van der Waals surface area (Å²) in [4.78, 5) is 16.9. The molecule has 2 atom stereocenters. The number of rotatable bonds is 6. The van der Waals surface area contributed by atoms with E-state index in [-0.39, 0.29) is 18.6 Å². The van der Waals surface area contributed by atoms with Gasteiger partial charge in [-0.2, -0.15) is 0 Å². The molecule has 0 spiro atoms. The lowest BCUT2D eigenvalue weighted by Gasteiger charge is -2.29. The molecule has 0 saturated carbocycles. The quantitative estimate of drug-likeness (QED) is 0.526. The molecular weight excluding hydrogens is 398 g/mol. The van der Waals surface area contributed by atoms with Crippen molar-refractivity contribution in [2.45, 2.75) is 44.6 Å². The van der Waals surface area contributed by atoms with E-state index in [2.05, 4.69) is 15.0 Å². The van der Waals surface area contributed by atoms with E-state index in [0.717, 1.165) is 27.8 Å². The summed E-state index contributed by atoms with van der Waals surface area (Å²) >= 11 is -1.32. The molecule has 6 nitrogen and oxygen atoms in total. The average molecular weight is 424 g/mol. The Morgan fingerprint density at radius 3 is 2.60 bits per heavy atom. The fourth-order valence-electron chi connectivity index (χ4n) is 3.70. The predicted octanol–water partition coefficient (Wildman–Crippen LogP) is 3.63. The standard InChI is InChI=1S/C23H25N3O3S/c1-23(2,3)30(29)26-19(12-14-6-4-5-7-15(14)13-27)16-8-9-17-20-18(25-22(17)28)10-11-24-21(16)20/h4-11,19,26-27H,12-13H2,1-3H3,(H,25,28)/t19-,30-/m0/s1. The Morgan fingerprint density at radius 1 is 1.17 bits per heavy atom. The van der Waals surface area contributed by atoms with Crippen molar-refractivity contribution in [3.05, 3.63) is 70.9 Å². The van der Waals surface area contributed by atoms with Crippen molar-refractivity contribution in [3.8, 4) is 0 Å². The fraction of sp³-hybridized carbons (Fsp3) is 0.304. The minimum Gasteiger partial charge on any atom is -0.598 e. The van der Waals surface area contributed by atoms with Gasteiger partial charge in [0.1, 0.15) is 4.75 Å². The summed E-state index contributed by atoms with van der Waals surface area (Å²) < 4.78 is 15.8. The van der Waals surface area contributed by atoms with Gasteiger partial charge in [0, 0.05) is 28.5 Å². The summed E-state index contributed by atoms with van der Waals surface area (Å²) in [7, 11) is 0. The number of benzene rings is 2. The van der Waals surface area contributed by atoms with E-state index in [1.807, 2.05) is 51.1 Å². The number of carbonyl (C=O) groups is 1. The molecule has 1 aliphatic rings. The van der Waals surface area contributed by atoms with Gasteiger partial charge in [-0.25, -0.2) is 0 Å². The van der Waals surface area contributed by atoms with Gasteiger partial charge in [-0.05, 0) is 50.5 Å². The van der Waals surface area contributed by atoms with Gasteiger partial charge < -0.3 is 15.0 Å². The predicted molar refractivity (Wildman–Crippen MR) is 120 cm³/mol. The monoisotopic (exact) mass is 423 g/mol. The van der Waals surface area contributed by atoms with Crippen LogP contribution in [0.25, 0.3) is 10.9 Å². The van der Waals surface area contributed by atoms with Crippen LogP contribution in [0.3, 0.4) is 0 Å². The van der Waals surface area contributed by atoms with Crippen LogP contribution in [0.5, 0.6) is 0 Å². The zero-order chi connectivity index (χ0) is 21.5. The van der Waals surface area contributed by atoms with E-state index in [1.165, 1.54) is 0 Å². The van der Waals surface area contributed by atoms with E-state index < -0.39 is 16.1 Å². The number of pyridine rings is 1. The third-order valence-corrected chi connectivity index (χ3v) is 6.92. The maximum atomic E-state index is 13.0. The molecule has 0 fully saturated rings. The lowest BCUT2D eigenvalue weighted by Crippen LogP contribution is -2.42. The minimum atomic E-state index is -1.32. The van der Waals surface area contributed by atoms with Gasteiger partial charge in [-0.15, -0.1) is 4.72 Å². The molecule has 3 aromatic rings. The van der Waals surface area contributed by atoms with Gasteiger partial charge in [-0.1, -0.05) is 30.3 Å². The number of nitrogens with zero attached hydrogens (tertiary/aromatic N) is 1. The fourth-order valence-corrected chi connectivity index (χ4v) is 4.53. The molecule has 0 bridgehead atoms. The highest BCUT2D eigenvalue weighted by atomic mass is 32.2. The minimum absolute atomic E-state index is 0.0637. The molecule has 0 radical (unpaired) electrons. The highest BCUT2D eigenvalue weighted by molar-refractivity contribution is 7.90. The Balaban J connectivity index is 1.82. The summed E-state index contributed by atoms with van der Waals surface area (Å²) in [5.74, 6) is -0.136. The summed E-state index contributed by atoms with van der Waals surface area (Å²) in [6.07, 6.45) is 2.20. The third-order valence-electron chi connectivity index (χ3n) is 5.31. The maximum absolute atomic E-state index is 13.0. The second-order valence-electron chi connectivity index (χ2n) is 8.42. The van der Waals surface area contributed by atoms with Crippen LogP contribution in [0.2, 0.25) is 0 Å². The Bertz CT molecular complexity index is 1110. The van der Waals surface area contributed by atoms with Crippen molar-refractivity contribution < 1.29 is 14.5 Å². The first-order valence-electron chi connectivity index (χ1n) is 9.88. The third kappa shape index (κ3) is 3.81. The molecule has 0 saturated heterocycles. The zero-order valence-electron chi connectivity index (χ0n) is 17.2. The van der Waals surface area contributed by atoms with Crippen molar-refractivity contribution in [2.24, 2.45) is 0 Å². The van der Waals surface area contributed by atoms with Gasteiger partial charge in [0.15, 0.2) is 0 Å². The van der Waals surface area contributed by atoms with Gasteiger partial charge in [0.2, 0.25) is 0 Å². The number of nitrogens with one attached hydrogen (secondary N) is 2. The smallest absolute Gasteiger partial charge is 0.256 e. The number of aromatic nitrogens is 1. The lowest BCUT2D eigenvalue weighted by atomic mass is 9.93. The van der Waals surface area contributed by atoms with Crippen LogP contribution in [0.4, 0.5) is 5.69 Å². The Morgan fingerprint density at radius 2 is 1.90 bits per heavy atom. The molecule has 1 amide bonds. The maximum Gasteiger partial charge on any atom is 0.256 e. The molecular formula is C23H25N3O3S. The van der Waals surface area contributed by atoms with Crippen molar-refractivity contribution in [2.75, 3.05) is 5.32 Å². The van der Waals surface area contributed by atoms with Gasteiger partial charge in [0.05, 0.1) is 29.4 Å². The average Bonchev–Trinajstić information content (AvgIpc) is 3.04. The first kappa shape index (κ1) is 20.8. The molecule has 3 N–H and O–H groups in total.